The second-order valence-corrected chi connectivity index (χ2v) is 6.82. The number of nitrogen functional groups attached to an aromatic ring is 1. The highest BCUT2D eigenvalue weighted by Crippen LogP contribution is 2.26. The first-order chi connectivity index (χ1) is 8.76. The third kappa shape index (κ3) is 2.31. The van der Waals surface area contributed by atoms with E-state index in [-0.39, 0.29) is 17.3 Å². The number of nitrogens with two attached hydrogens (primary N) is 1. The zero-order chi connectivity index (χ0) is 14.3. The maximum absolute atomic E-state index is 12.6. The van der Waals surface area contributed by atoms with Gasteiger partial charge in [-0.25, -0.2) is 8.42 Å². The summed E-state index contributed by atoms with van der Waals surface area (Å²) in [6.07, 6.45) is 0. The number of carbonyl (C=O) groups is 1. The second-order valence-electron chi connectivity index (χ2n) is 4.96. The first kappa shape index (κ1) is 13.8. The Morgan fingerprint density at radius 1 is 1.26 bits per heavy atom. The van der Waals surface area contributed by atoms with Gasteiger partial charge in [0.05, 0.1) is 4.90 Å². The van der Waals surface area contributed by atoms with Crippen LogP contribution in [0.15, 0.2) is 29.2 Å². The van der Waals surface area contributed by atoms with Crippen LogP contribution in [0.5, 0.6) is 0 Å². The van der Waals surface area contributed by atoms with Crippen molar-refractivity contribution in [3.63, 3.8) is 0 Å². The molecular weight excluding hydrogens is 266 g/mol. The molecule has 0 saturated carbocycles. The summed E-state index contributed by atoms with van der Waals surface area (Å²) < 4.78 is 26.4. The SMILES string of the molecule is CC1(C)C(=O)NCCN1S(=O)(=O)c1ccc(N)cc1. The second kappa shape index (κ2) is 4.50. The van der Waals surface area contributed by atoms with Crippen LogP contribution >= 0.6 is 0 Å². The van der Waals surface area contributed by atoms with Crippen molar-refractivity contribution in [2.45, 2.75) is 24.3 Å². The van der Waals surface area contributed by atoms with Crippen molar-refractivity contribution >= 4 is 21.6 Å². The minimum Gasteiger partial charge on any atom is -0.399 e. The standard InChI is InChI=1S/C12H17N3O3S/c1-12(2)11(16)14-7-8-15(12)19(17,18)10-5-3-9(13)4-6-10/h3-6H,7-8,13H2,1-2H3,(H,14,16). The van der Waals surface area contributed by atoms with Crippen molar-refractivity contribution in [1.29, 1.82) is 0 Å². The Hall–Kier alpha value is -1.60. The molecule has 0 bridgehead atoms. The zero-order valence-corrected chi connectivity index (χ0v) is 11.7. The molecule has 1 aromatic rings. The molecule has 3 N–H and O–H groups in total. The van der Waals surface area contributed by atoms with Gasteiger partial charge in [0.2, 0.25) is 15.9 Å². The summed E-state index contributed by atoms with van der Waals surface area (Å²) in [4.78, 5) is 12.0. The van der Waals surface area contributed by atoms with Gasteiger partial charge < -0.3 is 11.1 Å². The summed E-state index contributed by atoms with van der Waals surface area (Å²) in [7, 11) is -3.70. The summed E-state index contributed by atoms with van der Waals surface area (Å²) in [5.74, 6) is -0.294. The van der Waals surface area contributed by atoms with E-state index < -0.39 is 15.6 Å². The molecule has 1 saturated heterocycles. The first-order valence-corrected chi connectivity index (χ1v) is 7.37. The minimum absolute atomic E-state index is 0.143. The van der Waals surface area contributed by atoms with Crippen LogP contribution in [0.1, 0.15) is 13.8 Å². The number of piperazine rings is 1. The Labute approximate surface area is 112 Å². The van der Waals surface area contributed by atoms with Crippen LogP contribution in [0, 0.1) is 0 Å². The van der Waals surface area contributed by atoms with E-state index in [1.54, 1.807) is 13.8 Å². The Morgan fingerprint density at radius 3 is 2.42 bits per heavy atom. The van der Waals surface area contributed by atoms with E-state index in [0.717, 1.165) is 0 Å². The fourth-order valence-corrected chi connectivity index (χ4v) is 3.82. The van der Waals surface area contributed by atoms with E-state index in [4.69, 9.17) is 5.73 Å². The molecule has 1 fully saturated rings. The number of benzene rings is 1. The topological polar surface area (TPSA) is 92.5 Å². The number of carbonyl (C=O) groups excluding carboxylic acids is 1. The van der Waals surface area contributed by atoms with Crippen LogP contribution in [-0.4, -0.2) is 37.3 Å². The Bertz CT molecular complexity index is 593. The molecule has 0 radical (unpaired) electrons. The van der Waals surface area contributed by atoms with Crippen molar-refractivity contribution in [1.82, 2.24) is 9.62 Å². The van der Waals surface area contributed by atoms with E-state index in [1.807, 2.05) is 0 Å². The van der Waals surface area contributed by atoms with Crippen LogP contribution in [0.2, 0.25) is 0 Å². The summed E-state index contributed by atoms with van der Waals surface area (Å²) >= 11 is 0. The van der Waals surface area contributed by atoms with Crippen molar-refractivity contribution < 1.29 is 13.2 Å². The van der Waals surface area contributed by atoms with Crippen LogP contribution in [-0.2, 0) is 14.8 Å². The van der Waals surface area contributed by atoms with Gasteiger partial charge in [0, 0.05) is 18.8 Å². The van der Waals surface area contributed by atoms with Gasteiger partial charge in [-0.05, 0) is 38.1 Å². The lowest BCUT2D eigenvalue weighted by Gasteiger charge is -2.39. The quantitative estimate of drug-likeness (QED) is 0.757. The molecule has 1 aromatic carbocycles. The molecule has 1 aliphatic heterocycles. The van der Waals surface area contributed by atoms with Crippen molar-refractivity contribution in [2.24, 2.45) is 0 Å². The Balaban J connectivity index is 2.44. The molecule has 1 aliphatic rings. The monoisotopic (exact) mass is 283 g/mol. The third-order valence-corrected chi connectivity index (χ3v) is 5.33. The smallest absolute Gasteiger partial charge is 0.244 e. The summed E-state index contributed by atoms with van der Waals surface area (Å²) in [5.41, 5.74) is 4.95. The highest BCUT2D eigenvalue weighted by Gasteiger charge is 2.44. The Kier molecular flexibility index (Phi) is 3.27. The maximum Gasteiger partial charge on any atom is 0.244 e. The molecule has 0 aliphatic carbocycles. The number of anilines is 1. The van der Waals surface area contributed by atoms with Gasteiger partial charge in [-0.3, -0.25) is 4.79 Å². The molecule has 0 atom stereocenters. The number of sulfonamides is 1. The van der Waals surface area contributed by atoms with Crippen molar-refractivity contribution in [2.75, 3.05) is 18.8 Å². The lowest BCUT2D eigenvalue weighted by Crippen LogP contribution is -2.63. The predicted molar refractivity (Wildman–Crippen MR) is 71.8 cm³/mol. The first-order valence-electron chi connectivity index (χ1n) is 5.93. The average Bonchev–Trinajstić information content (AvgIpc) is 2.33. The summed E-state index contributed by atoms with van der Waals surface area (Å²) in [6, 6.07) is 5.97. The molecule has 6 nitrogen and oxygen atoms in total. The van der Waals surface area contributed by atoms with Gasteiger partial charge in [-0.2, -0.15) is 4.31 Å². The predicted octanol–water partition coefficient (Wildman–Crippen LogP) is 0.168. The van der Waals surface area contributed by atoms with E-state index in [1.165, 1.54) is 28.6 Å². The molecular formula is C12H17N3O3S. The normalized spacial score (nSPS) is 20.0. The molecule has 0 unspecified atom stereocenters. The number of nitrogens with one attached hydrogen (secondary N) is 1. The molecule has 7 heteroatoms. The molecule has 0 aromatic heterocycles. The minimum atomic E-state index is -3.70. The Morgan fingerprint density at radius 2 is 1.84 bits per heavy atom. The van der Waals surface area contributed by atoms with Crippen LogP contribution < -0.4 is 11.1 Å². The van der Waals surface area contributed by atoms with Gasteiger partial charge in [-0.1, -0.05) is 0 Å². The molecule has 0 spiro atoms. The molecule has 1 amide bonds. The number of nitrogens with zero attached hydrogens (tertiary/aromatic N) is 1. The van der Waals surface area contributed by atoms with Crippen molar-refractivity contribution in [3.05, 3.63) is 24.3 Å². The maximum atomic E-state index is 12.6. The molecule has 104 valence electrons. The van der Waals surface area contributed by atoms with Crippen LogP contribution in [0.4, 0.5) is 5.69 Å². The van der Waals surface area contributed by atoms with Crippen LogP contribution in [0.25, 0.3) is 0 Å². The van der Waals surface area contributed by atoms with Gasteiger partial charge in [0.25, 0.3) is 0 Å². The lowest BCUT2D eigenvalue weighted by molar-refractivity contribution is -0.131. The van der Waals surface area contributed by atoms with Gasteiger partial charge in [-0.15, -0.1) is 0 Å². The number of hydrogen-bond acceptors (Lipinski definition) is 4. The highest BCUT2D eigenvalue weighted by molar-refractivity contribution is 7.89. The van der Waals surface area contributed by atoms with Crippen LogP contribution in [0.3, 0.4) is 0 Å². The lowest BCUT2D eigenvalue weighted by atomic mass is 10.0. The van der Waals surface area contributed by atoms with Gasteiger partial charge in [0.1, 0.15) is 5.54 Å². The van der Waals surface area contributed by atoms with E-state index >= 15 is 0 Å². The van der Waals surface area contributed by atoms with Crippen molar-refractivity contribution in [3.8, 4) is 0 Å². The van der Waals surface area contributed by atoms with Gasteiger partial charge >= 0.3 is 0 Å². The molecule has 1 heterocycles. The highest BCUT2D eigenvalue weighted by atomic mass is 32.2. The van der Waals surface area contributed by atoms with E-state index in [2.05, 4.69) is 5.32 Å². The average molecular weight is 283 g/mol. The third-order valence-electron chi connectivity index (χ3n) is 3.25. The number of rotatable bonds is 2. The molecule has 2 rings (SSSR count). The fourth-order valence-electron chi connectivity index (χ4n) is 2.07. The number of hydrogen-bond donors (Lipinski definition) is 2. The van der Waals surface area contributed by atoms with E-state index in [0.29, 0.717) is 12.2 Å². The summed E-state index contributed by atoms with van der Waals surface area (Å²) in [5, 5.41) is 2.67. The summed E-state index contributed by atoms with van der Waals surface area (Å²) in [6.45, 7) is 3.76. The van der Waals surface area contributed by atoms with Gasteiger partial charge in [0.15, 0.2) is 0 Å². The van der Waals surface area contributed by atoms with E-state index in [9.17, 15) is 13.2 Å². The molecule has 19 heavy (non-hydrogen) atoms. The number of amides is 1. The largest absolute Gasteiger partial charge is 0.399 e. The fraction of sp³-hybridized carbons (Fsp3) is 0.417. The zero-order valence-electron chi connectivity index (χ0n) is 10.9.